The second kappa shape index (κ2) is 7.01. The Balaban J connectivity index is 1.71. The van der Waals surface area contributed by atoms with Gasteiger partial charge in [0.2, 0.25) is 0 Å². The lowest BCUT2D eigenvalue weighted by Gasteiger charge is -2.39. The third-order valence-electron chi connectivity index (χ3n) is 4.21. The van der Waals surface area contributed by atoms with Gasteiger partial charge in [0.1, 0.15) is 0 Å². The number of likely N-dealkylation sites (tertiary alicyclic amines) is 1. The summed E-state index contributed by atoms with van der Waals surface area (Å²) in [5, 5.41) is 3.69. The summed E-state index contributed by atoms with van der Waals surface area (Å²) in [6.45, 7) is 8.53. The Morgan fingerprint density at radius 1 is 1.35 bits per heavy atom. The molecule has 2 aliphatic rings. The van der Waals surface area contributed by atoms with E-state index >= 15 is 0 Å². The number of piperidine rings is 1. The van der Waals surface area contributed by atoms with Gasteiger partial charge in [0, 0.05) is 18.6 Å². The minimum absolute atomic E-state index is 0.777. The fourth-order valence-electron chi connectivity index (χ4n) is 3.08. The van der Waals surface area contributed by atoms with Crippen molar-refractivity contribution in [1.82, 2.24) is 10.2 Å². The molecule has 0 amide bonds. The smallest absolute Gasteiger partial charge is 0.00940 e. The van der Waals surface area contributed by atoms with E-state index in [1.165, 1.54) is 56.8 Å². The number of nitrogens with zero attached hydrogens (tertiary/aromatic N) is 1. The fourth-order valence-corrected chi connectivity index (χ4v) is 4.36. The largest absolute Gasteiger partial charge is 0.314 e. The minimum atomic E-state index is 0.777. The molecule has 0 aromatic heterocycles. The molecule has 2 heterocycles. The summed E-state index contributed by atoms with van der Waals surface area (Å²) in [5.74, 6) is 3.77. The van der Waals surface area contributed by atoms with Crippen LogP contribution in [0.15, 0.2) is 0 Å². The van der Waals surface area contributed by atoms with Crippen LogP contribution >= 0.6 is 11.8 Å². The molecule has 17 heavy (non-hydrogen) atoms. The maximum atomic E-state index is 3.69. The molecule has 0 aromatic rings. The Morgan fingerprint density at radius 2 is 2.24 bits per heavy atom. The van der Waals surface area contributed by atoms with E-state index in [4.69, 9.17) is 0 Å². The topological polar surface area (TPSA) is 15.3 Å². The normalized spacial score (nSPS) is 35.3. The first-order valence-electron chi connectivity index (χ1n) is 7.34. The maximum Gasteiger partial charge on any atom is 0.00940 e. The van der Waals surface area contributed by atoms with Crippen molar-refractivity contribution in [1.29, 1.82) is 0 Å². The van der Waals surface area contributed by atoms with Crippen molar-refractivity contribution >= 4 is 11.8 Å². The van der Waals surface area contributed by atoms with Crippen LogP contribution in [0.2, 0.25) is 0 Å². The van der Waals surface area contributed by atoms with E-state index in [1.807, 2.05) is 0 Å². The van der Waals surface area contributed by atoms with Crippen LogP contribution in [-0.2, 0) is 0 Å². The summed E-state index contributed by atoms with van der Waals surface area (Å²) in [6.07, 6.45) is 5.41. The van der Waals surface area contributed by atoms with Gasteiger partial charge in [-0.15, -0.1) is 0 Å². The number of nitrogens with one attached hydrogen (secondary N) is 1. The summed E-state index contributed by atoms with van der Waals surface area (Å²) < 4.78 is 0. The van der Waals surface area contributed by atoms with Crippen LogP contribution in [0.4, 0.5) is 0 Å². The van der Waals surface area contributed by atoms with Crippen molar-refractivity contribution < 1.29 is 0 Å². The Bertz CT molecular complexity index is 216. The third-order valence-corrected chi connectivity index (χ3v) is 5.44. The molecular formula is C14H28N2S. The predicted octanol–water partition coefficient (Wildman–Crippen LogP) is 2.59. The molecule has 100 valence electrons. The van der Waals surface area contributed by atoms with Crippen LogP contribution in [0.1, 0.15) is 39.5 Å². The quantitative estimate of drug-likeness (QED) is 0.814. The summed E-state index contributed by atoms with van der Waals surface area (Å²) in [6, 6.07) is 1.56. The highest BCUT2D eigenvalue weighted by Crippen LogP contribution is 2.26. The highest BCUT2D eigenvalue weighted by atomic mass is 32.2. The lowest BCUT2D eigenvalue weighted by molar-refractivity contribution is 0.120. The van der Waals surface area contributed by atoms with Gasteiger partial charge in [0.15, 0.2) is 0 Å². The molecule has 0 radical (unpaired) electrons. The molecule has 2 saturated heterocycles. The van der Waals surface area contributed by atoms with Gasteiger partial charge < -0.3 is 10.2 Å². The van der Waals surface area contributed by atoms with E-state index in [2.05, 4.69) is 35.8 Å². The number of hydrogen-bond donors (Lipinski definition) is 1. The Kier molecular flexibility index (Phi) is 5.64. The zero-order chi connectivity index (χ0) is 12.1. The van der Waals surface area contributed by atoms with Crippen LogP contribution in [0, 0.1) is 5.92 Å². The Hall–Kier alpha value is 0.270. The van der Waals surface area contributed by atoms with Gasteiger partial charge in [-0.1, -0.05) is 6.92 Å². The summed E-state index contributed by atoms with van der Waals surface area (Å²) >= 11 is 2.14. The van der Waals surface area contributed by atoms with Crippen molar-refractivity contribution in [3.63, 3.8) is 0 Å². The second-order valence-electron chi connectivity index (χ2n) is 5.75. The van der Waals surface area contributed by atoms with Crippen molar-refractivity contribution in [2.45, 2.75) is 51.6 Å². The first kappa shape index (κ1) is 13.7. The molecule has 2 fully saturated rings. The zero-order valence-corrected chi connectivity index (χ0v) is 12.3. The van der Waals surface area contributed by atoms with E-state index in [0.29, 0.717) is 0 Å². The zero-order valence-electron chi connectivity index (χ0n) is 11.5. The molecule has 0 saturated carbocycles. The fraction of sp³-hybridized carbons (Fsp3) is 1.00. The standard InChI is InChI=1S/C14H28N2S/c1-3-6-15-14-4-7-16(12(2)9-14)10-13-5-8-17-11-13/h12-15H,3-11H2,1-2H3. The molecule has 0 spiro atoms. The lowest BCUT2D eigenvalue weighted by Crippen LogP contribution is -2.48. The second-order valence-corrected chi connectivity index (χ2v) is 6.90. The molecule has 2 aliphatic heterocycles. The van der Waals surface area contributed by atoms with Crippen molar-refractivity contribution in [3.05, 3.63) is 0 Å². The number of thioether (sulfide) groups is 1. The van der Waals surface area contributed by atoms with E-state index in [0.717, 1.165) is 18.0 Å². The number of hydrogen-bond acceptors (Lipinski definition) is 3. The number of rotatable bonds is 5. The first-order valence-corrected chi connectivity index (χ1v) is 8.50. The lowest BCUT2D eigenvalue weighted by atomic mass is 9.96. The van der Waals surface area contributed by atoms with Crippen LogP contribution in [0.25, 0.3) is 0 Å². The van der Waals surface area contributed by atoms with Crippen LogP contribution in [0.5, 0.6) is 0 Å². The van der Waals surface area contributed by atoms with Crippen molar-refractivity contribution in [3.8, 4) is 0 Å². The van der Waals surface area contributed by atoms with Gasteiger partial charge in [-0.3, -0.25) is 0 Å². The molecule has 3 unspecified atom stereocenters. The van der Waals surface area contributed by atoms with E-state index < -0.39 is 0 Å². The molecular weight excluding hydrogens is 228 g/mol. The van der Waals surface area contributed by atoms with Gasteiger partial charge >= 0.3 is 0 Å². The monoisotopic (exact) mass is 256 g/mol. The molecule has 0 aromatic carbocycles. The van der Waals surface area contributed by atoms with Gasteiger partial charge in [-0.25, -0.2) is 0 Å². The maximum absolute atomic E-state index is 3.69. The highest BCUT2D eigenvalue weighted by molar-refractivity contribution is 7.99. The minimum Gasteiger partial charge on any atom is -0.314 e. The average molecular weight is 256 g/mol. The highest BCUT2D eigenvalue weighted by Gasteiger charge is 2.27. The molecule has 0 bridgehead atoms. The molecule has 3 atom stereocenters. The molecule has 0 aliphatic carbocycles. The average Bonchev–Trinajstić information content (AvgIpc) is 2.82. The van der Waals surface area contributed by atoms with Gasteiger partial charge in [0.25, 0.3) is 0 Å². The SMILES string of the molecule is CCCNC1CCN(CC2CCSC2)C(C)C1. The first-order chi connectivity index (χ1) is 8.29. The third kappa shape index (κ3) is 4.15. The summed E-state index contributed by atoms with van der Waals surface area (Å²) in [4.78, 5) is 2.74. The summed E-state index contributed by atoms with van der Waals surface area (Å²) in [5.41, 5.74) is 0. The van der Waals surface area contributed by atoms with Gasteiger partial charge in [-0.05, 0) is 63.1 Å². The van der Waals surface area contributed by atoms with Gasteiger partial charge in [-0.2, -0.15) is 11.8 Å². The Labute approximate surface area is 111 Å². The van der Waals surface area contributed by atoms with Crippen LogP contribution in [0.3, 0.4) is 0 Å². The molecule has 1 N–H and O–H groups in total. The van der Waals surface area contributed by atoms with Crippen molar-refractivity contribution in [2.24, 2.45) is 5.92 Å². The Morgan fingerprint density at radius 3 is 2.88 bits per heavy atom. The van der Waals surface area contributed by atoms with E-state index in [-0.39, 0.29) is 0 Å². The van der Waals surface area contributed by atoms with Crippen LogP contribution in [-0.4, -0.2) is 48.1 Å². The van der Waals surface area contributed by atoms with E-state index in [9.17, 15) is 0 Å². The molecule has 2 nitrogen and oxygen atoms in total. The van der Waals surface area contributed by atoms with Crippen molar-refractivity contribution in [2.75, 3.05) is 31.1 Å². The van der Waals surface area contributed by atoms with E-state index in [1.54, 1.807) is 0 Å². The van der Waals surface area contributed by atoms with Gasteiger partial charge in [0.05, 0.1) is 0 Å². The predicted molar refractivity (Wildman–Crippen MR) is 77.8 cm³/mol. The molecule has 2 rings (SSSR count). The molecule has 3 heteroatoms. The summed E-state index contributed by atoms with van der Waals surface area (Å²) in [7, 11) is 0. The van der Waals surface area contributed by atoms with Crippen LogP contribution < -0.4 is 5.32 Å².